The highest BCUT2D eigenvalue weighted by molar-refractivity contribution is 7.80. The van der Waals surface area contributed by atoms with Crippen molar-refractivity contribution < 1.29 is 13.9 Å². The van der Waals surface area contributed by atoms with E-state index in [2.05, 4.69) is 18.7 Å². The second-order valence-electron chi connectivity index (χ2n) is 7.52. The Morgan fingerprint density at radius 3 is 2.32 bits per heavy atom. The third-order valence-electron chi connectivity index (χ3n) is 6.19. The van der Waals surface area contributed by atoms with Gasteiger partial charge in [-0.05, 0) is 75.5 Å². The first-order valence-electron chi connectivity index (χ1n) is 8.89. The van der Waals surface area contributed by atoms with Gasteiger partial charge in [0.05, 0.1) is 6.10 Å². The lowest BCUT2D eigenvalue weighted by molar-refractivity contribution is -0.0502. The molecule has 5 atom stereocenters. The van der Waals surface area contributed by atoms with E-state index in [9.17, 15) is 13.9 Å². The Bertz CT molecular complexity index is 406. The zero-order valence-electron chi connectivity index (χ0n) is 13.1. The number of halogens is 2. The maximum atomic E-state index is 14.2. The number of aliphatic hydroxyl groups excluding tert-OH is 1. The van der Waals surface area contributed by atoms with Crippen LogP contribution < -0.4 is 0 Å². The van der Waals surface area contributed by atoms with Crippen molar-refractivity contribution in [2.24, 2.45) is 17.8 Å². The van der Waals surface area contributed by atoms with Gasteiger partial charge in [-0.1, -0.05) is 11.6 Å². The molecule has 0 amide bonds. The van der Waals surface area contributed by atoms with Crippen molar-refractivity contribution in [3.63, 3.8) is 0 Å². The summed E-state index contributed by atoms with van der Waals surface area (Å²) in [7, 11) is 0. The fourth-order valence-corrected chi connectivity index (χ4v) is 5.00. The van der Waals surface area contributed by atoms with E-state index in [0.717, 1.165) is 19.3 Å². The third kappa shape index (κ3) is 3.53. The summed E-state index contributed by atoms with van der Waals surface area (Å²) in [4.78, 5) is 0. The molecule has 3 aliphatic carbocycles. The highest BCUT2D eigenvalue weighted by Gasteiger charge is 2.43. The van der Waals surface area contributed by atoms with Crippen molar-refractivity contribution in [2.75, 3.05) is 0 Å². The number of hydrogen-bond donors (Lipinski definition) is 2. The monoisotopic (exact) mass is 330 g/mol. The minimum Gasteiger partial charge on any atom is -0.390 e. The van der Waals surface area contributed by atoms with E-state index in [1.54, 1.807) is 5.57 Å². The lowest BCUT2D eigenvalue weighted by atomic mass is 9.69. The molecular weight excluding hydrogens is 302 g/mol. The van der Waals surface area contributed by atoms with Gasteiger partial charge in [0.1, 0.15) is 6.17 Å². The Balaban J connectivity index is 1.56. The van der Waals surface area contributed by atoms with Crippen LogP contribution in [-0.2, 0) is 0 Å². The Morgan fingerprint density at radius 2 is 1.68 bits per heavy atom. The molecule has 0 heterocycles. The zero-order chi connectivity index (χ0) is 15.7. The third-order valence-corrected chi connectivity index (χ3v) is 6.71. The highest BCUT2D eigenvalue weighted by atomic mass is 32.1. The summed E-state index contributed by atoms with van der Waals surface area (Å²) in [6.45, 7) is 0. The quantitative estimate of drug-likeness (QED) is 0.558. The van der Waals surface area contributed by atoms with Gasteiger partial charge >= 0.3 is 0 Å². The molecule has 22 heavy (non-hydrogen) atoms. The molecule has 4 heteroatoms. The fraction of sp³-hybridized carbons (Fsp3) is 0.889. The van der Waals surface area contributed by atoms with Crippen molar-refractivity contribution in [3.05, 3.63) is 11.6 Å². The number of rotatable bonds is 2. The number of allylic oxidation sites excluding steroid dienone is 2. The lowest BCUT2D eigenvalue weighted by Gasteiger charge is -2.39. The first-order chi connectivity index (χ1) is 10.6. The summed E-state index contributed by atoms with van der Waals surface area (Å²) >= 11 is 4.56. The van der Waals surface area contributed by atoms with Gasteiger partial charge in [-0.15, -0.1) is 0 Å². The van der Waals surface area contributed by atoms with E-state index in [-0.39, 0.29) is 11.8 Å². The van der Waals surface area contributed by atoms with Crippen LogP contribution in [0.15, 0.2) is 11.6 Å². The SMILES string of the molecule is OC1CCC(C2CC=C(C3CCC(S)CC3)CC2)C(F)C1F. The van der Waals surface area contributed by atoms with Gasteiger partial charge in [-0.3, -0.25) is 0 Å². The maximum absolute atomic E-state index is 14.2. The molecule has 3 rings (SSSR count). The minimum atomic E-state index is -1.69. The van der Waals surface area contributed by atoms with Gasteiger partial charge in [0, 0.05) is 5.25 Å². The predicted molar refractivity (Wildman–Crippen MR) is 88.7 cm³/mol. The number of aliphatic hydroxyl groups is 1. The summed E-state index contributed by atoms with van der Waals surface area (Å²) in [6, 6.07) is 0. The standard InChI is InChI=1S/C18H28F2OS/c19-17-15(9-10-16(21)18(17)20)13-3-1-11(2-4-13)12-5-7-14(22)8-6-12/h1,12-18,21-22H,2-10H2. The molecule has 2 fully saturated rings. The van der Waals surface area contributed by atoms with E-state index < -0.39 is 18.4 Å². The summed E-state index contributed by atoms with van der Waals surface area (Å²) in [5.74, 6) is 0.753. The van der Waals surface area contributed by atoms with Gasteiger partial charge in [-0.25, -0.2) is 8.78 Å². The first-order valence-corrected chi connectivity index (χ1v) is 9.41. The van der Waals surface area contributed by atoms with Gasteiger partial charge in [0.2, 0.25) is 0 Å². The molecule has 0 radical (unpaired) electrons. The molecule has 0 spiro atoms. The molecule has 0 aromatic heterocycles. The maximum Gasteiger partial charge on any atom is 0.157 e. The van der Waals surface area contributed by atoms with E-state index >= 15 is 0 Å². The molecule has 0 saturated heterocycles. The average molecular weight is 330 g/mol. The van der Waals surface area contributed by atoms with Gasteiger partial charge < -0.3 is 5.11 Å². The second-order valence-corrected chi connectivity index (χ2v) is 8.25. The normalized spacial score (nSPS) is 47.1. The molecule has 0 aromatic rings. The van der Waals surface area contributed by atoms with Crippen molar-refractivity contribution in [1.82, 2.24) is 0 Å². The van der Waals surface area contributed by atoms with Crippen LogP contribution in [0, 0.1) is 17.8 Å². The smallest absolute Gasteiger partial charge is 0.157 e. The van der Waals surface area contributed by atoms with E-state index in [4.69, 9.17) is 0 Å². The summed E-state index contributed by atoms with van der Waals surface area (Å²) in [5, 5.41) is 10.0. The first kappa shape index (κ1) is 16.8. The summed E-state index contributed by atoms with van der Waals surface area (Å²) < 4.78 is 27.9. The van der Waals surface area contributed by atoms with Gasteiger partial charge in [0.25, 0.3) is 0 Å². The van der Waals surface area contributed by atoms with Crippen LogP contribution in [0.2, 0.25) is 0 Å². The van der Waals surface area contributed by atoms with Crippen LogP contribution in [-0.4, -0.2) is 28.8 Å². The Hall–Kier alpha value is -0.0900. The molecule has 5 unspecified atom stereocenters. The summed E-state index contributed by atoms with van der Waals surface area (Å²) in [6.07, 6.45) is 6.89. The Morgan fingerprint density at radius 1 is 0.955 bits per heavy atom. The van der Waals surface area contributed by atoms with Crippen molar-refractivity contribution in [1.29, 1.82) is 0 Å². The molecule has 126 valence electrons. The number of alkyl halides is 2. The summed E-state index contributed by atoms with van der Waals surface area (Å²) in [5.41, 5.74) is 1.56. The molecule has 1 nitrogen and oxygen atoms in total. The molecule has 0 aliphatic heterocycles. The largest absolute Gasteiger partial charge is 0.390 e. The van der Waals surface area contributed by atoms with Crippen molar-refractivity contribution >= 4 is 12.6 Å². The van der Waals surface area contributed by atoms with Gasteiger partial charge in [0.15, 0.2) is 6.17 Å². The van der Waals surface area contributed by atoms with Crippen LogP contribution in [0.5, 0.6) is 0 Å². The van der Waals surface area contributed by atoms with Crippen LogP contribution in [0.3, 0.4) is 0 Å². The van der Waals surface area contributed by atoms with E-state index in [1.807, 2.05) is 0 Å². The second kappa shape index (κ2) is 7.21. The lowest BCUT2D eigenvalue weighted by Crippen LogP contribution is -2.44. The fourth-order valence-electron chi connectivity index (χ4n) is 4.71. The van der Waals surface area contributed by atoms with E-state index in [0.29, 0.717) is 24.0 Å². The number of hydrogen-bond acceptors (Lipinski definition) is 2. The van der Waals surface area contributed by atoms with Crippen LogP contribution in [0.4, 0.5) is 8.78 Å². The molecule has 2 saturated carbocycles. The average Bonchev–Trinajstić information content (AvgIpc) is 2.54. The van der Waals surface area contributed by atoms with Crippen LogP contribution in [0.25, 0.3) is 0 Å². The van der Waals surface area contributed by atoms with Crippen LogP contribution in [0.1, 0.15) is 57.8 Å². The number of thiol groups is 1. The van der Waals surface area contributed by atoms with E-state index in [1.165, 1.54) is 25.7 Å². The zero-order valence-corrected chi connectivity index (χ0v) is 14.0. The Labute approximate surface area is 138 Å². The molecule has 3 aliphatic rings. The van der Waals surface area contributed by atoms with Gasteiger partial charge in [-0.2, -0.15) is 12.6 Å². The molecule has 0 aromatic carbocycles. The van der Waals surface area contributed by atoms with Crippen molar-refractivity contribution in [2.45, 2.75) is 81.5 Å². The predicted octanol–water partition coefficient (Wildman–Crippen LogP) is 4.65. The topological polar surface area (TPSA) is 20.2 Å². The molecule has 0 bridgehead atoms. The molecule has 1 N–H and O–H groups in total. The van der Waals surface area contributed by atoms with Crippen LogP contribution >= 0.6 is 12.6 Å². The van der Waals surface area contributed by atoms with Crippen molar-refractivity contribution in [3.8, 4) is 0 Å². The highest BCUT2D eigenvalue weighted by Crippen LogP contribution is 2.43. The molecular formula is C18H28F2OS. The minimum absolute atomic E-state index is 0.204. The Kier molecular flexibility index (Phi) is 5.49.